The molecule has 0 aliphatic carbocycles. The van der Waals surface area contributed by atoms with Crippen LogP contribution in [0.1, 0.15) is 23.3 Å². The van der Waals surface area contributed by atoms with Crippen molar-refractivity contribution in [1.29, 1.82) is 0 Å². The van der Waals surface area contributed by atoms with E-state index in [1.165, 1.54) is 10.4 Å². The summed E-state index contributed by atoms with van der Waals surface area (Å²) in [6.07, 6.45) is 1.69. The Labute approximate surface area is 140 Å². The number of fused-ring (bicyclic) bond motifs is 1. The second-order valence-corrected chi connectivity index (χ2v) is 7.51. The Morgan fingerprint density at radius 3 is 2.61 bits per heavy atom. The highest BCUT2D eigenvalue weighted by Gasteiger charge is 2.44. The van der Waals surface area contributed by atoms with E-state index < -0.39 is 5.54 Å². The smallest absolute Gasteiger partial charge is 0.250 e. The second kappa shape index (κ2) is 5.65. The number of benzene rings is 1. The van der Waals surface area contributed by atoms with Crippen molar-refractivity contribution in [2.45, 2.75) is 31.8 Å². The largest absolute Gasteiger partial charge is 0.369 e. The molecule has 1 aromatic heterocycles. The van der Waals surface area contributed by atoms with Crippen LogP contribution in [-0.2, 0) is 11.3 Å². The van der Waals surface area contributed by atoms with Crippen molar-refractivity contribution in [3.63, 3.8) is 0 Å². The molecule has 120 valence electrons. The lowest BCUT2D eigenvalue weighted by Crippen LogP contribution is -2.58. The SMILES string of the molecule is Cc1ccsc1CN1CCC2(CC1)Nc1ccccc1NC2=O. The summed E-state index contributed by atoms with van der Waals surface area (Å²) in [6, 6.07) is 10.1. The predicted octanol–water partition coefficient (Wildman–Crippen LogP) is 3.46. The molecule has 0 radical (unpaired) electrons. The highest BCUT2D eigenvalue weighted by atomic mass is 32.1. The van der Waals surface area contributed by atoms with Crippen LogP contribution in [0.15, 0.2) is 35.7 Å². The summed E-state index contributed by atoms with van der Waals surface area (Å²) in [5, 5.41) is 8.74. The Hall–Kier alpha value is -1.85. The van der Waals surface area contributed by atoms with Gasteiger partial charge in [0.05, 0.1) is 11.4 Å². The number of hydrogen-bond donors (Lipinski definition) is 2. The van der Waals surface area contributed by atoms with Gasteiger partial charge in [-0.3, -0.25) is 9.69 Å². The van der Waals surface area contributed by atoms with Crippen LogP contribution in [-0.4, -0.2) is 29.4 Å². The Kier molecular flexibility index (Phi) is 3.62. The van der Waals surface area contributed by atoms with Gasteiger partial charge in [-0.2, -0.15) is 0 Å². The fraction of sp³-hybridized carbons (Fsp3) is 0.389. The van der Waals surface area contributed by atoms with Gasteiger partial charge in [-0.15, -0.1) is 11.3 Å². The molecule has 0 saturated carbocycles. The van der Waals surface area contributed by atoms with E-state index in [0.717, 1.165) is 43.9 Å². The quantitative estimate of drug-likeness (QED) is 0.888. The zero-order valence-corrected chi connectivity index (χ0v) is 14.1. The number of nitrogens with one attached hydrogen (secondary N) is 2. The molecule has 23 heavy (non-hydrogen) atoms. The van der Waals surface area contributed by atoms with E-state index >= 15 is 0 Å². The normalized spacial score (nSPS) is 20.0. The average molecular weight is 327 g/mol. The second-order valence-electron chi connectivity index (χ2n) is 6.51. The fourth-order valence-corrected chi connectivity index (χ4v) is 4.42. The number of carbonyl (C=O) groups excluding carboxylic acids is 1. The summed E-state index contributed by atoms with van der Waals surface area (Å²) in [7, 11) is 0. The summed E-state index contributed by atoms with van der Waals surface area (Å²) in [6.45, 7) is 5.06. The number of aryl methyl sites for hydroxylation is 1. The van der Waals surface area contributed by atoms with Crippen molar-refractivity contribution in [2.24, 2.45) is 0 Å². The molecule has 0 bridgehead atoms. The standard InChI is InChI=1S/C18H21N3OS/c1-13-6-11-23-16(13)12-21-9-7-18(8-10-21)17(22)19-14-4-2-3-5-15(14)20-18/h2-6,11,20H,7-10,12H2,1H3,(H,19,22). The molecule has 2 aliphatic rings. The van der Waals surface area contributed by atoms with Gasteiger partial charge >= 0.3 is 0 Å². The molecule has 2 aliphatic heterocycles. The van der Waals surface area contributed by atoms with E-state index in [0.29, 0.717) is 0 Å². The van der Waals surface area contributed by atoms with Gasteiger partial charge in [-0.25, -0.2) is 0 Å². The van der Waals surface area contributed by atoms with E-state index in [1.807, 2.05) is 35.6 Å². The maximum absolute atomic E-state index is 12.6. The van der Waals surface area contributed by atoms with E-state index in [1.54, 1.807) is 0 Å². The predicted molar refractivity (Wildman–Crippen MR) is 95.0 cm³/mol. The summed E-state index contributed by atoms with van der Waals surface area (Å²) in [4.78, 5) is 16.5. The molecule has 0 atom stereocenters. The number of nitrogens with zero attached hydrogens (tertiary/aromatic N) is 1. The van der Waals surface area contributed by atoms with Gasteiger partial charge in [0, 0.05) is 24.5 Å². The fourth-order valence-electron chi connectivity index (χ4n) is 3.47. The van der Waals surface area contributed by atoms with Crippen LogP contribution in [0.2, 0.25) is 0 Å². The number of anilines is 2. The van der Waals surface area contributed by atoms with Crippen molar-refractivity contribution in [3.8, 4) is 0 Å². The van der Waals surface area contributed by atoms with Crippen molar-refractivity contribution >= 4 is 28.6 Å². The lowest BCUT2D eigenvalue weighted by Gasteiger charge is -2.44. The molecule has 3 heterocycles. The average Bonchev–Trinajstić information content (AvgIpc) is 2.96. The Balaban J connectivity index is 1.46. The van der Waals surface area contributed by atoms with Crippen molar-refractivity contribution < 1.29 is 4.79 Å². The minimum absolute atomic E-state index is 0.114. The van der Waals surface area contributed by atoms with E-state index in [2.05, 4.69) is 33.9 Å². The molecule has 1 amide bonds. The third-order valence-electron chi connectivity index (χ3n) is 5.03. The van der Waals surface area contributed by atoms with Crippen LogP contribution < -0.4 is 10.6 Å². The van der Waals surface area contributed by atoms with Crippen LogP contribution in [0.4, 0.5) is 11.4 Å². The number of amides is 1. The van der Waals surface area contributed by atoms with Crippen LogP contribution in [0.5, 0.6) is 0 Å². The molecule has 5 heteroatoms. The monoisotopic (exact) mass is 327 g/mol. The maximum Gasteiger partial charge on any atom is 0.250 e. The first-order valence-corrected chi connectivity index (χ1v) is 8.98. The molecule has 4 rings (SSSR count). The van der Waals surface area contributed by atoms with Crippen molar-refractivity contribution in [1.82, 2.24) is 4.90 Å². The molecular formula is C18H21N3OS. The number of carbonyl (C=O) groups is 1. The van der Waals surface area contributed by atoms with Crippen LogP contribution in [0, 0.1) is 6.92 Å². The summed E-state index contributed by atoms with van der Waals surface area (Å²) in [5.41, 5.74) is 2.85. The van der Waals surface area contributed by atoms with Gasteiger partial charge in [0.1, 0.15) is 5.54 Å². The van der Waals surface area contributed by atoms with Gasteiger partial charge < -0.3 is 10.6 Å². The number of piperidine rings is 1. The molecule has 1 fully saturated rings. The lowest BCUT2D eigenvalue weighted by molar-refractivity contribution is -0.122. The zero-order valence-electron chi connectivity index (χ0n) is 13.3. The van der Waals surface area contributed by atoms with Gasteiger partial charge in [-0.1, -0.05) is 12.1 Å². The molecule has 1 spiro atoms. The Bertz CT molecular complexity index is 731. The molecule has 2 aromatic rings. The third kappa shape index (κ3) is 2.64. The molecule has 4 nitrogen and oxygen atoms in total. The van der Waals surface area contributed by atoms with E-state index in [4.69, 9.17) is 0 Å². The van der Waals surface area contributed by atoms with Gasteiger partial charge in [0.2, 0.25) is 5.91 Å². The van der Waals surface area contributed by atoms with Gasteiger partial charge in [0.25, 0.3) is 0 Å². The Morgan fingerprint density at radius 1 is 1.17 bits per heavy atom. The van der Waals surface area contributed by atoms with Crippen LogP contribution in [0.3, 0.4) is 0 Å². The lowest BCUT2D eigenvalue weighted by atomic mass is 9.84. The van der Waals surface area contributed by atoms with E-state index in [9.17, 15) is 4.79 Å². The van der Waals surface area contributed by atoms with Crippen molar-refractivity contribution in [3.05, 3.63) is 46.2 Å². The molecule has 2 N–H and O–H groups in total. The highest BCUT2D eigenvalue weighted by molar-refractivity contribution is 7.10. The summed E-state index contributed by atoms with van der Waals surface area (Å²) < 4.78 is 0. The third-order valence-corrected chi connectivity index (χ3v) is 6.04. The number of rotatable bonds is 2. The number of para-hydroxylation sites is 2. The van der Waals surface area contributed by atoms with Crippen molar-refractivity contribution in [2.75, 3.05) is 23.7 Å². The van der Waals surface area contributed by atoms with Crippen LogP contribution >= 0.6 is 11.3 Å². The minimum atomic E-state index is -0.449. The number of likely N-dealkylation sites (tertiary alicyclic amines) is 1. The zero-order chi connectivity index (χ0) is 15.9. The first kappa shape index (κ1) is 14.7. The Morgan fingerprint density at radius 2 is 1.91 bits per heavy atom. The minimum Gasteiger partial charge on any atom is -0.369 e. The van der Waals surface area contributed by atoms with E-state index in [-0.39, 0.29) is 5.91 Å². The first-order chi connectivity index (χ1) is 11.2. The van der Waals surface area contributed by atoms with Crippen LogP contribution in [0.25, 0.3) is 0 Å². The topological polar surface area (TPSA) is 44.4 Å². The number of thiophene rings is 1. The molecule has 1 saturated heterocycles. The summed E-state index contributed by atoms with van der Waals surface area (Å²) in [5.74, 6) is 0.114. The van der Waals surface area contributed by atoms with Gasteiger partial charge in [-0.05, 0) is 48.9 Å². The molecular weight excluding hydrogens is 306 g/mol. The highest BCUT2D eigenvalue weighted by Crippen LogP contribution is 2.36. The first-order valence-electron chi connectivity index (χ1n) is 8.10. The maximum atomic E-state index is 12.6. The molecule has 1 aromatic carbocycles. The molecule has 0 unspecified atom stereocenters. The van der Waals surface area contributed by atoms with Gasteiger partial charge in [0.15, 0.2) is 0 Å². The number of hydrogen-bond acceptors (Lipinski definition) is 4. The summed E-state index contributed by atoms with van der Waals surface area (Å²) >= 11 is 1.82.